The largest absolute Gasteiger partial charge is 0.493 e. The quantitative estimate of drug-likeness (QED) is 0.183. The third-order valence-electron chi connectivity index (χ3n) is 5.49. The lowest BCUT2D eigenvalue weighted by Gasteiger charge is -2.16. The molecule has 3 rings (SSSR count). The summed E-state index contributed by atoms with van der Waals surface area (Å²) in [7, 11) is -2.75. The van der Waals surface area contributed by atoms with Gasteiger partial charge in [-0.3, -0.25) is 4.79 Å². The SMILES string of the molecule is C=CCc1cc(/C=C(\C#N)C(=O)Nc2cccc(C)c2C)cc(OC)c1OS(=O)(=O)c1ccccc1. The second-order valence-corrected chi connectivity index (χ2v) is 9.47. The predicted molar refractivity (Wildman–Crippen MR) is 139 cm³/mol. The number of rotatable bonds is 9. The van der Waals surface area contributed by atoms with E-state index in [1.807, 2.05) is 32.0 Å². The molecule has 8 heteroatoms. The molecular formula is C28H26N2O5S. The Morgan fingerprint density at radius 1 is 1.11 bits per heavy atom. The van der Waals surface area contributed by atoms with Crippen molar-refractivity contribution in [2.24, 2.45) is 0 Å². The van der Waals surface area contributed by atoms with Crippen molar-refractivity contribution in [1.82, 2.24) is 0 Å². The van der Waals surface area contributed by atoms with Crippen molar-refractivity contribution in [2.45, 2.75) is 25.2 Å². The van der Waals surface area contributed by atoms with Crippen LogP contribution in [0.3, 0.4) is 0 Å². The molecule has 3 aromatic rings. The van der Waals surface area contributed by atoms with Gasteiger partial charge in [-0.15, -0.1) is 6.58 Å². The van der Waals surface area contributed by atoms with Gasteiger partial charge in [-0.1, -0.05) is 36.4 Å². The monoisotopic (exact) mass is 502 g/mol. The average molecular weight is 503 g/mol. The normalized spacial score (nSPS) is 11.3. The number of carbonyl (C=O) groups is 1. The van der Waals surface area contributed by atoms with Gasteiger partial charge in [-0.05, 0) is 73.4 Å². The molecule has 0 radical (unpaired) electrons. The average Bonchev–Trinajstić information content (AvgIpc) is 2.87. The van der Waals surface area contributed by atoms with E-state index in [1.165, 1.54) is 31.4 Å². The van der Waals surface area contributed by atoms with Gasteiger partial charge in [0.2, 0.25) is 0 Å². The van der Waals surface area contributed by atoms with Gasteiger partial charge in [0.1, 0.15) is 16.5 Å². The molecule has 0 spiro atoms. The van der Waals surface area contributed by atoms with E-state index in [-0.39, 0.29) is 28.4 Å². The Morgan fingerprint density at radius 3 is 2.47 bits per heavy atom. The highest BCUT2D eigenvalue weighted by Gasteiger charge is 2.22. The van der Waals surface area contributed by atoms with Gasteiger partial charge in [-0.25, -0.2) is 0 Å². The second-order valence-electron chi connectivity index (χ2n) is 7.93. The van der Waals surface area contributed by atoms with Crippen LogP contribution < -0.4 is 14.2 Å². The standard InChI is InChI=1S/C28H26N2O5S/c1-5-10-22-15-21(16-23(18-29)28(31)30-25-14-9-11-19(2)20(25)3)17-26(34-4)27(22)35-36(32,33)24-12-7-6-8-13-24/h5-9,11-17H,1,10H2,2-4H3,(H,30,31)/b23-16+. The number of anilines is 1. The molecule has 0 saturated heterocycles. The van der Waals surface area contributed by atoms with Crippen molar-refractivity contribution >= 4 is 27.8 Å². The van der Waals surface area contributed by atoms with Crippen molar-refractivity contribution < 1.29 is 22.1 Å². The van der Waals surface area contributed by atoms with E-state index in [4.69, 9.17) is 8.92 Å². The number of methoxy groups -OCH3 is 1. The molecule has 0 aromatic heterocycles. The van der Waals surface area contributed by atoms with Crippen LogP contribution in [0.5, 0.6) is 11.5 Å². The summed E-state index contributed by atoms with van der Waals surface area (Å²) in [5, 5.41) is 12.4. The van der Waals surface area contributed by atoms with E-state index in [9.17, 15) is 18.5 Å². The highest BCUT2D eigenvalue weighted by atomic mass is 32.2. The third kappa shape index (κ3) is 6.01. The van der Waals surface area contributed by atoms with Gasteiger partial charge in [0.05, 0.1) is 7.11 Å². The first-order valence-electron chi connectivity index (χ1n) is 11.0. The number of carbonyl (C=O) groups excluding carboxylic acids is 1. The molecule has 0 bridgehead atoms. The highest BCUT2D eigenvalue weighted by Crippen LogP contribution is 2.36. The summed E-state index contributed by atoms with van der Waals surface area (Å²) in [5.41, 5.74) is 3.31. The fourth-order valence-electron chi connectivity index (χ4n) is 3.46. The summed E-state index contributed by atoms with van der Waals surface area (Å²) in [6.07, 6.45) is 3.25. The van der Waals surface area contributed by atoms with Gasteiger partial charge in [0.25, 0.3) is 5.91 Å². The van der Waals surface area contributed by atoms with Crippen LogP contribution in [-0.2, 0) is 21.3 Å². The Bertz CT molecular complexity index is 1470. The van der Waals surface area contributed by atoms with Crippen molar-refractivity contribution in [3.63, 3.8) is 0 Å². The molecular weight excluding hydrogens is 476 g/mol. The molecule has 0 atom stereocenters. The van der Waals surface area contributed by atoms with Crippen LogP contribution >= 0.6 is 0 Å². The zero-order chi connectivity index (χ0) is 26.3. The summed E-state index contributed by atoms with van der Waals surface area (Å²) in [5.74, 6) is -0.425. The number of benzene rings is 3. The van der Waals surface area contributed by atoms with Crippen LogP contribution in [0, 0.1) is 25.2 Å². The summed E-state index contributed by atoms with van der Waals surface area (Å²) in [4.78, 5) is 12.8. The predicted octanol–water partition coefficient (Wildman–Crippen LogP) is 5.35. The smallest absolute Gasteiger partial charge is 0.339 e. The van der Waals surface area contributed by atoms with Crippen LogP contribution in [0.1, 0.15) is 22.3 Å². The third-order valence-corrected chi connectivity index (χ3v) is 6.73. The Morgan fingerprint density at radius 2 is 1.83 bits per heavy atom. The van der Waals surface area contributed by atoms with Gasteiger partial charge in [0, 0.05) is 11.3 Å². The summed E-state index contributed by atoms with van der Waals surface area (Å²) in [6.45, 7) is 7.54. The molecule has 0 unspecified atom stereocenters. The van der Waals surface area contributed by atoms with Gasteiger partial charge < -0.3 is 14.2 Å². The number of hydrogen-bond donors (Lipinski definition) is 1. The zero-order valence-corrected chi connectivity index (χ0v) is 21.1. The first kappa shape index (κ1) is 26.3. The maximum atomic E-state index is 12.8. The summed E-state index contributed by atoms with van der Waals surface area (Å²) >= 11 is 0. The second kappa shape index (κ2) is 11.4. The minimum Gasteiger partial charge on any atom is -0.493 e. The van der Waals surface area contributed by atoms with E-state index in [0.29, 0.717) is 16.8 Å². The van der Waals surface area contributed by atoms with Gasteiger partial charge >= 0.3 is 10.1 Å². The number of allylic oxidation sites excluding steroid dienone is 1. The number of nitrogens with zero attached hydrogens (tertiary/aromatic N) is 1. The first-order chi connectivity index (χ1) is 17.2. The number of ether oxygens (including phenoxy) is 1. The minimum absolute atomic E-state index is 0.00421. The Kier molecular flexibility index (Phi) is 8.30. The first-order valence-corrected chi connectivity index (χ1v) is 12.4. The van der Waals surface area contributed by atoms with Crippen molar-refractivity contribution in [2.75, 3.05) is 12.4 Å². The number of aryl methyl sites for hydroxylation is 1. The maximum Gasteiger partial charge on any atom is 0.339 e. The fraction of sp³-hybridized carbons (Fsp3) is 0.143. The molecule has 3 aromatic carbocycles. The maximum absolute atomic E-state index is 12.8. The number of nitriles is 1. The van der Waals surface area contributed by atoms with Crippen LogP contribution in [-0.4, -0.2) is 21.4 Å². The topological polar surface area (TPSA) is 105 Å². The Hall–Kier alpha value is -4.35. The number of nitrogens with one attached hydrogen (secondary N) is 1. The van der Waals surface area contributed by atoms with E-state index >= 15 is 0 Å². The molecule has 0 fully saturated rings. The van der Waals surface area contributed by atoms with Gasteiger partial charge in [-0.2, -0.15) is 13.7 Å². The van der Waals surface area contributed by atoms with E-state index in [1.54, 1.807) is 36.4 Å². The molecule has 36 heavy (non-hydrogen) atoms. The summed E-state index contributed by atoms with van der Waals surface area (Å²) in [6, 6.07) is 18.3. The summed E-state index contributed by atoms with van der Waals surface area (Å²) < 4.78 is 36.6. The lowest BCUT2D eigenvalue weighted by atomic mass is 10.0. The van der Waals surface area contributed by atoms with E-state index in [0.717, 1.165) is 11.1 Å². The molecule has 1 amide bonds. The molecule has 0 saturated carbocycles. The molecule has 0 heterocycles. The van der Waals surface area contributed by atoms with Crippen LogP contribution in [0.2, 0.25) is 0 Å². The molecule has 7 nitrogen and oxygen atoms in total. The molecule has 0 aliphatic rings. The molecule has 184 valence electrons. The lowest BCUT2D eigenvalue weighted by molar-refractivity contribution is -0.112. The van der Waals surface area contributed by atoms with Crippen molar-refractivity contribution in [1.29, 1.82) is 5.26 Å². The fourth-order valence-corrected chi connectivity index (χ4v) is 4.45. The minimum atomic E-state index is -4.13. The van der Waals surface area contributed by atoms with Gasteiger partial charge in [0.15, 0.2) is 11.5 Å². The van der Waals surface area contributed by atoms with Crippen LogP contribution in [0.4, 0.5) is 5.69 Å². The Labute approximate surface area is 211 Å². The van der Waals surface area contributed by atoms with Crippen molar-refractivity contribution in [3.05, 3.63) is 101 Å². The Balaban J connectivity index is 2.00. The lowest BCUT2D eigenvalue weighted by Crippen LogP contribution is -2.14. The molecule has 0 aliphatic heterocycles. The van der Waals surface area contributed by atoms with E-state index in [2.05, 4.69) is 11.9 Å². The molecule has 1 N–H and O–H groups in total. The van der Waals surface area contributed by atoms with Crippen molar-refractivity contribution in [3.8, 4) is 17.6 Å². The number of amides is 1. The molecule has 0 aliphatic carbocycles. The van der Waals surface area contributed by atoms with Crippen LogP contribution in [0.25, 0.3) is 6.08 Å². The number of hydrogen-bond acceptors (Lipinski definition) is 6. The zero-order valence-electron chi connectivity index (χ0n) is 20.2. The van der Waals surface area contributed by atoms with E-state index < -0.39 is 16.0 Å². The van der Waals surface area contributed by atoms with Crippen LogP contribution in [0.15, 0.2) is 83.8 Å². The highest BCUT2D eigenvalue weighted by molar-refractivity contribution is 7.87.